The highest BCUT2D eigenvalue weighted by Crippen LogP contribution is 2.26. The van der Waals surface area contributed by atoms with Crippen LogP contribution in [0.1, 0.15) is 16.7 Å². The summed E-state index contributed by atoms with van der Waals surface area (Å²) in [5.74, 6) is 1.58. The van der Waals surface area contributed by atoms with Gasteiger partial charge >= 0.3 is 0 Å². The fourth-order valence-corrected chi connectivity index (χ4v) is 1.89. The Morgan fingerprint density at radius 2 is 2.00 bits per heavy atom. The summed E-state index contributed by atoms with van der Waals surface area (Å²) in [6.07, 6.45) is 0. The van der Waals surface area contributed by atoms with Gasteiger partial charge in [-0.2, -0.15) is 5.26 Å². The fraction of sp³-hybridized carbons (Fsp3) is 0.188. The molecule has 0 bridgehead atoms. The van der Waals surface area contributed by atoms with Gasteiger partial charge in [0.25, 0.3) is 0 Å². The highest BCUT2D eigenvalue weighted by Gasteiger charge is 2.05. The van der Waals surface area contributed by atoms with Gasteiger partial charge in [-0.1, -0.05) is 18.2 Å². The normalized spacial score (nSPS) is 9.95. The third-order valence-corrected chi connectivity index (χ3v) is 2.89. The zero-order valence-corrected chi connectivity index (χ0v) is 11.1. The zero-order valence-electron chi connectivity index (χ0n) is 11.1. The van der Waals surface area contributed by atoms with E-state index in [0.29, 0.717) is 5.56 Å². The molecule has 0 atom stereocenters. The number of para-hydroxylation sites is 1. The summed E-state index contributed by atoms with van der Waals surface area (Å²) >= 11 is 0. The second-order valence-corrected chi connectivity index (χ2v) is 4.33. The van der Waals surface area contributed by atoms with Crippen molar-refractivity contribution in [2.75, 3.05) is 7.05 Å². The van der Waals surface area contributed by atoms with Crippen LogP contribution in [0.2, 0.25) is 0 Å². The summed E-state index contributed by atoms with van der Waals surface area (Å²) in [5.41, 5.74) is 2.70. The summed E-state index contributed by atoms with van der Waals surface area (Å²) in [4.78, 5) is 0. The van der Waals surface area contributed by atoms with Crippen LogP contribution in [0.4, 0.5) is 0 Å². The second kappa shape index (κ2) is 6.03. The standard InChI is InChI=1S/C16H16N2O/c1-12-9-15(8-7-13(12)10-17)19-16-6-4-3-5-14(16)11-18-2/h3-9,18H,11H2,1-2H3. The van der Waals surface area contributed by atoms with Gasteiger partial charge in [-0.15, -0.1) is 0 Å². The minimum absolute atomic E-state index is 0.677. The van der Waals surface area contributed by atoms with Crippen molar-refractivity contribution in [2.24, 2.45) is 0 Å². The van der Waals surface area contributed by atoms with Crippen molar-refractivity contribution in [3.8, 4) is 17.6 Å². The summed E-state index contributed by atoms with van der Waals surface area (Å²) in [5, 5.41) is 12.0. The molecule has 0 saturated carbocycles. The maximum absolute atomic E-state index is 8.91. The predicted octanol–water partition coefficient (Wildman–Crippen LogP) is 3.38. The number of ether oxygens (including phenoxy) is 1. The van der Waals surface area contributed by atoms with Crippen LogP contribution < -0.4 is 10.1 Å². The molecule has 3 nitrogen and oxygen atoms in total. The molecule has 0 aliphatic rings. The summed E-state index contributed by atoms with van der Waals surface area (Å²) < 4.78 is 5.89. The topological polar surface area (TPSA) is 45.0 Å². The lowest BCUT2D eigenvalue weighted by molar-refractivity contribution is 0.474. The van der Waals surface area contributed by atoms with Crippen molar-refractivity contribution in [1.29, 1.82) is 5.26 Å². The molecule has 0 saturated heterocycles. The predicted molar refractivity (Wildman–Crippen MR) is 75.2 cm³/mol. The van der Waals surface area contributed by atoms with E-state index < -0.39 is 0 Å². The van der Waals surface area contributed by atoms with Gasteiger partial charge in [0.15, 0.2) is 0 Å². The Bertz CT molecular complexity index is 614. The number of benzene rings is 2. The van der Waals surface area contributed by atoms with E-state index in [0.717, 1.165) is 29.2 Å². The first-order valence-corrected chi connectivity index (χ1v) is 6.15. The molecule has 0 amide bonds. The van der Waals surface area contributed by atoms with Crippen LogP contribution >= 0.6 is 0 Å². The van der Waals surface area contributed by atoms with Crippen molar-refractivity contribution in [2.45, 2.75) is 13.5 Å². The van der Waals surface area contributed by atoms with Crippen LogP contribution in [0.25, 0.3) is 0 Å². The van der Waals surface area contributed by atoms with Crippen molar-refractivity contribution >= 4 is 0 Å². The van der Waals surface area contributed by atoms with E-state index >= 15 is 0 Å². The Kier molecular flexibility index (Phi) is 4.17. The number of rotatable bonds is 4. The van der Waals surface area contributed by atoms with Gasteiger partial charge in [-0.3, -0.25) is 0 Å². The van der Waals surface area contributed by atoms with Crippen LogP contribution in [0, 0.1) is 18.3 Å². The number of aryl methyl sites for hydroxylation is 1. The average molecular weight is 252 g/mol. The number of hydrogen-bond donors (Lipinski definition) is 1. The highest BCUT2D eigenvalue weighted by molar-refractivity contribution is 5.44. The number of nitrogens with zero attached hydrogens (tertiary/aromatic N) is 1. The van der Waals surface area contributed by atoms with E-state index in [4.69, 9.17) is 10.00 Å². The monoisotopic (exact) mass is 252 g/mol. The lowest BCUT2D eigenvalue weighted by Crippen LogP contribution is -2.06. The molecular formula is C16H16N2O. The fourth-order valence-electron chi connectivity index (χ4n) is 1.89. The van der Waals surface area contributed by atoms with Gasteiger partial charge in [0.1, 0.15) is 11.5 Å². The summed E-state index contributed by atoms with van der Waals surface area (Å²) in [7, 11) is 1.91. The van der Waals surface area contributed by atoms with Crippen molar-refractivity contribution in [1.82, 2.24) is 5.32 Å². The Labute approximate surface area is 113 Å². The molecule has 0 aliphatic carbocycles. The molecule has 2 rings (SSSR count). The van der Waals surface area contributed by atoms with Crippen molar-refractivity contribution in [3.63, 3.8) is 0 Å². The molecule has 19 heavy (non-hydrogen) atoms. The molecule has 3 heteroatoms. The first-order valence-electron chi connectivity index (χ1n) is 6.15. The van der Waals surface area contributed by atoms with Gasteiger partial charge < -0.3 is 10.1 Å². The van der Waals surface area contributed by atoms with Crippen molar-refractivity contribution in [3.05, 3.63) is 59.2 Å². The lowest BCUT2D eigenvalue weighted by atomic mass is 10.1. The second-order valence-electron chi connectivity index (χ2n) is 4.33. The SMILES string of the molecule is CNCc1ccccc1Oc1ccc(C#N)c(C)c1. The highest BCUT2D eigenvalue weighted by atomic mass is 16.5. The Morgan fingerprint density at radius 3 is 2.68 bits per heavy atom. The van der Waals surface area contributed by atoms with Crippen LogP contribution in [0.15, 0.2) is 42.5 Å². The Balaban J connectivity index is 2.26. The Morgan fingerprint density at radius 1 is 1.21 bits per heavy atom. The van der Waals surface area contributed by atoms with E-state index in [1.165, 1.54) is 0 Å². The molecule has 0 radical (unpaired) electrons. The third-order valence-electron chi connectivity index (χ3n) is 2.89. The van der Waals surface area contributed by atoms with Gasteiger partial charge in [0.05, 0.1) is 11.6 Å². The molecule has 0 spiro atoms. The molecule has 0 aromatic heterocycles. The molecule has 0 unspecified atom stereocenters. The van der Waals surface area contributed by atoms with Gasteiger partial charge in [-0.05, 0) is 43.8 Å². The maximum atomic E-state index is 8.91. The minimum atomic E-state index is 0.677. The van der Waals surface area contributed by atoms with Gasteiger partial charge in [0, 0.05) is 12.1 Å². The van der Waals surface area contributed by atoms with Crippen LogP contribution in [0.5, 0.6) is 11.5 Å². The quantitative estimate of drug-likeness (QED) is 0.907. The van der Waals surface area contributed by atoms with E-state index in [2.05, 4.69) is 11.4 Å². The molecule has 2 aromatic rings. The smallest absolute Gasteiger partial charge is 0.131 e. The minimum Gasteiger partial charge on any atom is -0.457 e. The van der Waals surface area contributed by atoms with Crippen LogP contribution in [0.3, 0.4) is 0 Å². The molecule has 96 valence electrons. The van der Waals surface area contributed by atoms with Crippen LogP contribution in [-0.2, 0) is 6.54 Å². The molecule has 2 aromatic carbocycles. The number of hydrogen-bond acceptors (Lipinski definition) is 3. The molecule has 0 aliphatic heterocycles. The number of nitriles is 1. The lowest BCUT2D eigenvalue weighted by Gasteiger charge is -2.11. The van der Waals surface area contributed by atoms with E-state index in [1.54, 1.807) is 6.07 Å². The third kappa shape index (κ3) is 3.12. The molecule has 0 heterocycles. The Hall–Kier alpha value is -2.31. The summed E-state index contributed by atoms with van der Waals surface area (Å²) in [6, 6.07) is 15.6. The van der Waals surface area contributed by atoms with E-state index in [-0.39, 0.29) is 0 Å². The van der Waals surface area contributed by atoms with Crippen molar-refractivity contribution < 1.29 is 4.74 Å². The average Bonchev–Trinajstić information content (AvgIpc) is 2.41. The van der Waals surface area contributed by atoms with E-state index in [1.807, 2.05) is 50.4 Å². The van der Waals surface area contributed by atoms with Crippen LogP contribution in [-0.4, -0.2) is 7.05 Å². The first-order chi connectivity index (χ1) is 9.24. The maximum Gasteiger partial charge on any atom is 0.131 e. The first kappa shape index (κ1) is 13.1. The van der Waals surface area contributed by atoms with Gasteiger partial charge in [-0.25, -0.2) is 0 Å². The molecule has 0 fully saturated rings. The zero-order chi connectivity index (χ0) is 13.7. The largest absolute Gasteiger partial charge is 0.457 e. The molecule has 1 N–H and O–H groups in total. The summed E-state index contributed by atoms with van der Waals surface area (Å²) in [6.45, 7) is 2.66. The molecular weight excluding hydrogens is 236 g/mol. The number of nitrogens with one attached hydrogen (secondary N) is 1. The van der Waals surface area contributed by atoms with E-state index in [9.17, 15) is 0 Å². The van der Waals surface area contributed by atoms with Gasteiger partial charge in [0.2, 0.25) is 0 Å².